The molecule has 0 aliphatic rings. The fourth-order valence-electron chi connectivity index (χ4n) is 1.57. The molecule has 0 saturated heterocycles. The van der Waals surface area contributed by atoms with E-state index < -0.39 is 0 Å². The molecule has 6 heteroatoms. The van der Waals surface area contributed by atoms with Crippen molar-refractivity contribution in [2.24, 2.45) is 7.05 Å². The first-order chi connectivity index (χ1) is 8.65. The van der Waals surface area contributed by atoms with Crippen LogP contribution in [-0.2, 0) is 24.8 Å². The molecule has 94 valence electrons. The molecule has 2 rings (SSSR count). The van der Waals surface area contributed by atoms with E-state index in [2.05, 4.69) is 15.4 Å². The topological polar surface area (TPSA) is 85.8 Å². The van der Waals surface area contributed by atoms with Crippen molar-refractivity contribution in [1.82, 2.24) is 20.1 Å². The molecular formula is C12H15N5O. The van der Waals surface area contributed by atoms with E-state index >= 15 is 0 Å². The molecule has 0 bridgehead atoms. The van der Waals surface area contributed by atoms with E-state index in [1.165, 1.54) is 0 Å². The predicted molar refractivity (Wildman–Crippen MR) is 67.4 cm³/mol. The van der Waals surface area contributed by atoms with Gasteiger partial charge in [0, 0.05) is 12.7 Å². The standard InChI is InChI=1S/C12H15N5O/c1-17-8-15-11(16-17)7-14-12(18)6-9-4-2-3-5-10(9)13/h2-5,8H,6-7,13H2,1H3,(H,14,18). The molecule has 0 spiro atoms. The Balaban J connectivity index is 1.88. The van der Waals surface area contributed by atoms with Crippen LogP contribution in [0.25, 0.3) is 0 Å². The molecule has 0 saturated carbocycles. The fraction of sp³-hybridized carbons (Fsp3) is 0.250. The quantitative estimate of drug-likeness (QED) is 0.756. The van der Waals surface area contributed by atoms with Gasteiger partial charge in [-0.05, 0) is 11.6 Å². The molecule has 6 nitrogen and oxygen atoms in total. The minimum absolute atomic E-state index is 0.0969. The van der Waals surface area contributed by atoms with Crippen LogP contribution in [0.5, 0.6) is 0 Å². The molecule has 0 radical (unpaired) electrons. The summed E-state index contributed by atoms with van der Waals surface area (Å²) >= 11 is 0. The Labute approximate surface area is 105 Å². The lowest BCUT2D eigenvalue weighted by molar-refractivity contribution is -0.120. The number of nitrogens with one attached hydrogen (secondary N) is 1. The van der Waals surface area contributed by atoms with Crippen LogP contribution < -0.4 is 11.1 Å². The number of rotatable bonds is 4. The van der Waals surface area contributed by atoms with Gasteiger partial charge in [-0.2, -0.15) is 5.10 Å². The van der Waals surface area contributed by atoms with Gasteiger partial charge in [0.1, 0.15) is 6.33 Å². The van der Waals surface area contributed by atoms with Crippen LogP contribution in [-0.4, -0.2) is 20.7 Å². The van der Waals surface area contributed by atoms with Gasteiger partial charge >= 0.3 is 0 Å². The molecule has 1 amide bonds. The molecule has 0 aliphatic heterocycles. The van der Waals surface area contributed by atoms with E-state index in [0.717, 1.165) is 5.56 Å². The number of nitrogens with two attached hydrogens (primary N) is 1. The Hall–Kier alpha value is -2.37. The van der Waals surface area contributed by atoms with Crippen LogP contribution in [0.15, 0.2) is 30.6 Å². The highest BCUT2D eigenvalue weighted by Crippen LogP contribution is 2.10. The van der Waals surface area contributed by atoms with Crippen molar-refractivity contribution in [3.8, 4) is 0 Å². The second-order valence-electron chi connectivity index (χ2n) is 3.99. The van der Waals surface area contributed by atoms with Gasteiger partial charge in [0.2, 0.25) is 5.91 Å². The highest BCUT2D eigenvalue weighted by Gasteiger charge is 2.07. The maximum Gasteiger partial charge on any atom is 0.224 e. The van der Waals surface area contributed by atoms with Crippen molar-refractivity contribution in [2.75, 3.05) is 5.73 Å². The number of carbonyl (C=O) groups is 1. The maximum absolute atomic E-state index is 11.7. The Morgan fingerprint density at radius 3 is 2.89 bits per heavy atom. The van der Waals surface area contributed by atoms with Gasteiger partial charge in [-0.3, -0.25) is 9.48 Å². The largest absolute Gasteiger partial charge is 0.398 e. The third kappa shape index (κ3) is 3.07. The number of hydrogen-bond donors (Lipinski definition) is 2. The number of carbonyl (C=O) groups excluding carboxylic acids is 1. The fourth-order valence-corrected chi connectivity index (χ4v) is 1.57. The summed E-state index contributed by atoms with van der Waals surface area (Å²) in [6, 6.07) is 7.32. The first-order valence-corrected chi connectivity index (χ1v) is 5.60. The van der Waals surface area contributed by atoms with E-state index in [9.17, 15) is 4.79 Å². The van der Waals surface area contributed by atoms with Crippen molar-refractivity contribution in [1.29, 1.82) is 0 Å². The number of nitrogen functional groups attached to an aromatic ring is 1. The summed E-state index contributed by atoms with van der Waals surface area (Å²) in [4.78, 5) is 15.7. The smallest absolute Gasteiger partial charge is 0.224 e. The molecular weight excluding hydrogens is 230 g/mol. The van der Waals surface area contributed by atoms with E-state index in [1.54, 1.807) is 24.1 Å². The summed E-state index contributed by atoms with van der Waals surface area (Å²) in [5.41, 5.74) is 7.22. The summed E-state index contributed by atoms with van der Waals surface area (Å²) in [5.74, 6) is 0.493. The van der Waals surface area contributed by atoms with Gasteiger partial charge in [-0.15, -0.1) is 0 Å². The molecule has 3 N–H and O–H groups in total. The van der Waals surface area contributed by atoms with Crippen LogP contribution in [0.4, 0.5) is 5.69 Å². The number of anilines is 1. The molecule has 1 aromatic carbocycles. The predicted octanol–water partition coefficient (Wildman–Crippen LogP) is 0.256. The summed E-state index contributed by atoms with van der Waals surface area (Å²) in [5, 5.41) is 6.83. The minimum atomic E-state index is -0.0969. The summed E-state index contributed by atoms with van der Waals surface area (Å²) in [6.45, 7) is 0.326. The molecule has 0 atom stereocenters. The van der Waals surface area contributed by atoms with Crippen LogP contribution in [0, 0.1) is 0 Å². The number of amides is 1. The van der Waals surface area contributed by atoms with Gasteiger partial charge < -0.3 is 11.1 Å². The normalized spacial score (nSPS) is 10.3. The average Bonchev–Trinajstić information content (AvgIpc) is 2.76. The molecule has 1 heterocycles. The Bertz CT molecular complexity index is 549. The monoisotopic (exact) mass is 245 g/mol. The molecule has 18 heavy (non-hydrogen) atoms. The highest BCUT2D eigenvalue weighted by atomic mass is 16.1. The number of hydrogen-bond acceptors (Lipinski definition) is 4. The van der Waals surface area contributed by atoms with Crippen molar-refractivity contribution in [3.05, 3.63) is 42.0 Å². The molecule has 1 aromatic heterocycles. The summed E-state index contributed by atoms with van der Waals surface area (Å²) in [7, 11) is 1.78. The highest BCUT2D eigenvalue weighted by molar-refractivity contribution is 5.80. The van der Waals surface area contributed by atoms with Gasteiger partial charge in [0.05, 0.1) is 13.0 Å². The number of aryl methyl sites for hydroxylation is 1. The van der Waals surface area contributed by atoms with Gasteiger partial charge in [0.25, 0.3) is 0 Å². The SMILES string of the molecule is Cn1cnc(CNC(=O)Cc2ccccc2N)n1. The van der Waals surface area contributed by atoms with Crippen LogP contribution in [0.3, 0.4) is 0 Å². The Kier molecular flexibility index (Phi) is 3.57. The zero-order valence-corrected chi connectivity index (χ0v) is 10.1. The van der Waals surface area contributed by atoms with Gasteiger partial charge in [-0.1, -0.05) is 18.2 Å². The van der Waals surface area contributed by atoms with E-state index in [4.69, 9.17) is 5.73 Å². The van der Waals surface area contributed by atoms with Gasteiger partial charge in [0.15, 0.2) is 5.82 Å². The van der Waals surface area contributed by atoms with Crippen LogP contribution in [0.1, 0.15) is 11.4 Å². The van der Waals surface area contributed by atoms with Crippen molar-refractivity contribution in [2.45, 2.75) is 13.0 Å². The zero-order chi connectivity index (χ0) is 13.0. The number of nitrogens with zero attached hydrogens (tertiary/aromatic N) is 3. The van der Waals surface area contributed by atoms with E-state index in [-0.39, 0.29) is 12.3 Å². The Morgan fingerprint density at radius 2 is 2.22 bits per heavy atom. The summed E-state index contributed by atoms with van der Waals surface area (Å²) < 4.78 is 1.59. The minimum Gasteiger partial charge on any atom is -0.398 e. The molecule has 0 aliphatic carbocycles. The third-order valence-electron chi connectivity index (χ3n) is 2.50. The lowest BCUT2D eigenvalue weighted by atomic mass is 10.1. The average molecular weight is 245 g/mol. The summed E-state index contributed by atoms with van der Waals surface area (Å²) in [6.07, 6.45) is 1.86. The molecule has 0 fully saturated rings. The first-order valence-electron chi connectivity index (χ1n) is 5.60. The lowest BCUT2D eigenvalue weighted by Gasteiger charge is -2.05. The van der Waals surface area contributed by atoms with Crippen molar-refractivity contribution >= 4 is 11.6 Å². The van der Waals surface area contributed by atoms with E-state index in [1.807, 2.05) is 18.2 Å². The van der Waals surface area contributed by atoms with Gasteiger partial charge in [-0.25, -0.2) is 4.98 Å². The number of aromatic nitrogens is 3. The second kappa shape index (κ2) is 5.31. The van der Waals surface area contributed by atoms with Crippen molar-refractivity contribution in [3.63, 3.8) is 0 Å². The lowest BCUT2D eigenvalue weighted by Crippen LogP contribution is -2.25. The van der Waals surface area contributed by atoms with Crippen molar-refractivity contribution < 1.29 is 4.79 Å². The van der Waals surface area contributed by atoms with Crippen LogP contribution >= 0.6 is 0 Å². The Morgan fingerprint density at radius 1 is 1.44 bits per heavy atom. The number of benzene rings is 1. The third-order valence-corrected chi connectivity index (χ3v) is 2.50. The molecule has 0 unspecified atom stereocenters. The van der Waals surface area contributed by atoms with E-state index in [0.29, 0.717) is 18.1 Å². The maximum atomic E-state index is 11.7. The van der Waals surface area contributed by atoms with Crippen LogP contribution in [0.2, 0.25) is 0 Å². The first kappa shape index (κ1) is 12.1. The second-order valence-corrected chi connectivity index (χ2v) is 3.99. The number of para-hydroxylation sites is 1. The molecule has 2 aromatic rings. The zero-order valence-electron chi connectivity index (χ0n) is 10.1.